The van der Waals surface area contributed by atoms with Gasteiger partial charge in [0.05, 0.1) is 24.8 Å². The van der Waals surface area contributed by atoms with Gasteiger partial charge in [0.2, 0.25) is 0 Å². The molecule has 0 saturated heterocycles. The molecule has 0 fully saturated rings. The molecule has 33 heavy (non-hydrogen) atoms. The summed E-state index contributed by atoms with van der Waals surface area (Å²) in [6, 6.07) is 8.23. The summed E-state index contributed by atoms with van der Waals surface area (Å²) in [6.45, 7) is 5.33. The molecule has 0 radical (unpaired) electrons. The zero-order chi connectivity index (χ0) is 22.7. The Labute approximate surface area is 188 Å². The molecule has 0 aliphatic carbocycles. The largest absolute Gasteiger partial charge is 0.383 e. The summed E-state index contributed by atoms with van der Waals surface area (Å²) in [5.41, 5.74) is 11.2. The molecule has 1 aliphatic rings. The van der Waals surface area contributed by atoms with Gasteiger partial charge in [-0.15, -0.1) is 0 Å². The Morgan fingerprint density at radius 2 is 1.97 bits per heavy atom. The monoisotopic (exact) mass is 439 g/mol. The molecule has 4 aromatic heterocycles. The maximum absolute atomic E-state index is 12.6. The lowest BCUT2D eigenvalue weighted by Crippen LogP contribution is -2.36. The average Bonchev–Trinajstić information content (AvgIpc) is 3.44. The van der Waals surface area contributed by atoms with Crippen molar-refractivity contribution in [1.82, 2.24) is 34.3 Å². The number of nitrogens with two attached hydrogens (primary N) is 1. The van der Waals surface area contributed by atoms with Gasteiger partial charge >= 0.3 is 0 Å². The second-order valence-corrected chi connectivity index (χ2v) is 8.29. The maximum atomic E-state index is 12.6. The van der Waals surface area contributed by atoms with Crippen molar-refractivity contribution < 1.29 is 4.79 Å². The molecule has 10 nitrogen and oxygen atoms in total. The van der Waals surface area contributed by atoms with E-state index in [1.54, 1.807) is 12.5 Å². The number of aryl methyl sites for hydroxylation is 1. The molecule has 0 bridgehead atoms. The fourth-order valence-electron chi connectivity index (χ4n) is 4.41. The third kappa shape index (κ3) is 3.02. The van der Waals surface area contributed by atoms with Crippen LogP contribution in [0.25, 0.3) is 27.7 Å². The standard InChI is InChI=1S/C23H21N9O/c1-13-3-4-18-15(7-13)8-16(9-25-18)17-10-27-32-21(24)20(14(2)33)23(29-22(17)32)30-5-6-31-19(11-30)26-12-28-31/h3-4,7-10,12H,5-6,11,24H2,1-2H3. The van der Waals surface area contributed by atoms with Crippen molar-refractivity contribution >= 4 is 34.0 Å². The van der Waals surface area contributed by atoms with Crippen LogP contribution >= 0.6 is 0 Å². The van der Waals surface area contributed by atoms with Crippen molar-refractivity contribution in [3.8, 4) is 11.1 Å². The SMILES string of the molecule is CC(=O)c1c(N2CCn3ncnc3C2)nc2c(-c3cnc4ccc(C)cc4c3)cnn2c1N. The predicted octanol–water partition coefficient (Wildman–Crippen LogP) is 2.65. The lowest BCUT2D eigenvalue weighted by Gasteiger charge is -2.29. The van der Waals surface area contributed by atoms with Gasteiger partial charge in [0.15, 0.2) is 11.4 Å². The van der Waals surface area contributed by atoms with E-state index in [-0.39, 0.29) is 11.6 Å². The fourth-order valence-corrected chi connectivity index (χ4v) is 4.41. The minimum Gasteiger partial charge on any atom is -0.383 e. The van der Waals surface area contributed by atoms with Crippen LogP contribution in [-0.4, -0.2) is 46.7 Å². The van der Waals surface area contributed by atoms with Crippen molar-refractivity contribution in [1.29, 1.82) is 0 Å². The number of Topliss-reactive ketones (excluding diaryl/α,β-unsaturated/α-hetero) is 1. The Bertz CT molecular complexity index is 1570. The number of hydrogen-bond donors (Lipinski definition) is 1. The first-order chi connectivity index (χ1) is 16.0. The van der Waals surface area contributed by atoms with Gasteiger partial charge in [0.1, 0.15) is 29.4 Å². The molecule has 0 atom stereocenters. The van der Waals surface area contributed by atoms with Gasteiger partial charge in [0, 0.05) is 29.3 Å². The van der Waals surface area contributed by atoms with E-state index in [2.05, 4.69) is 39.2 Å². The number of ketones is 1. The highest BCUT2D eigenvalue weighted by Crippen LogP contribution is 2.33. The molecule has 5 heterocycles. The lowest BCUT2D eigenvalue weighted by molar-refractivity contribution is 0.101. The third-order valence-electron chi connectivity index (χ3n) is 6.07. The van der Waals surface area contributed by atoms with Gasteiger partial charge in [-0.05, 0) is 32.0 Å². The number of hydrogen-bond acceptors (Lipinski definition) is 8. The number of nitrogen functional groups attached to an aromatic ring is 1. The van der Waals surface area contributed by atoms with E-state index in [4.69, 9.17) is 10.7 Å². The van der Waals surface area contributed by atoms with Crippen molar-refractivity contribution in [2.24, 2.45) is 0 Å². The van der Waals surface area contributed by atoms with Crippen LogP contribution < -0.4 is 10.6 Å². The first kappa shape index (κ1) is 19.4. The normalized spacial score (nSPS) is 13.6. The summed E-state index contributed by atoms with van der Waals surface area (Å²) in [5.74, 6) is 1.46. The molecule has 10 heteroatoms. The van der Waals surface area contributed by atoms with Gasteiger partial charge < -0.3 is 10.6 Å². The number of fused-ring (bicyclic) bond motifs is 3. The summed E-state index contributed by atoms with van der Waals surface area (Å²) in [7, 11) is 0. The van der Waals surface area contributed by atoms with E-state index < -0.39 is 0 Å². The summed E-state index contributed by atoms with van der Waals surface area (Å²) in [5, 5.41) is 9.72. The van der Waals surface area contributed by atoms with Crippen LogP contribution in [0.15, 0.2) is 43.0 Å². The summed E-state index contributed by atoms with van der Waals surface area (Å²) in [4.78, 5) is 28.5. The highest BCUT2D eigenvalue weighted by atomic mass is 16.1. The Kier molecular flexibility index (Phi) is 4.16. The van der Waals surface area contributed by atoms with Gasteiger partial charge in [-0.25, -0.2) is 14.6 Å². The Morgan fingerprint density at radius 1 is 1.09 bits per heavy atom. The van der Waals surface area contributed by atoms with Crippen molar-refractivity contribution in [3.05, 3.63) is 59.9 Å². The van der Waals surface area contributed by atoms with Crippen LogP contribution in [0, 0.1) is 6.92 Å². The van der Waals surface area contributed by atoms with Gasteiger partial charge in [-0.1, -0.05) is 11.6 Å². The third-order valence-corrected chi connectivity index (χ3v) is 6.07. The first-order valence-corrected chi connectivity index (χ1v) is 10.7. The molecular formula is C23H21N9O. The van der Waals surface area contributed by atoms with E-state index in [1.807, 2.05) is 27.9 Å². The van der Waals surface area contributed by atoms with Crippen LogP contribution in [0.5, 0.6) is 0 Å². The van der Waals surface area contributed by atoms with E-state index in [0.29, 0.717) is 36.7 Å². The molecule has 5 aromatic rings. The second kappa shape index (κ2) is 7.09. The second-order valence-electron chi connectivity index (χ2n) is 8.29. The summed E-state index contributed by atoms with van der Waals surface area (Å²) < 4.78 is 3.39. The van der Waals surface area contributed by atoms with Crippen LogP contribution in [0.3, 0.4) is 0 Å². The number of carbonyl (C=O) groups excluding carboxylic acids is 1. The molecule has 0 spiro atoms. The first-order valence-electron chi connectivity index (χ1n) is 10.7. The number of benzene rings is 1. The Morgan fingerprint density at radius 3 is 2.82 bits per heavy atom. The molecule has 6 rings (SSSR count). The van der Waals surface area contributed by atoms with E-state index >= 15 is 0 Å². The van der Waals surface area contributed by atoms with Crippen LogP contribution in [0.2, 0.25) is 0 Å². The van der Waals surface area contributed by atoms with E-state index in [0.717, 1.165) is 33.4 Å². The molecule has 0 unspecified atom stereocenters. The van der Waals surface area contributed by atoms with Crippen LogP contribution in [-0.2, 0) is 13.1 Å². The van der Waals surface area contributed by atoms with E-state index in [1.165, 1.54) is 11.4 Å². The number of anilines is 2. The van der Waals surface area contributed by atoms with Crippen LogP contribution in [0.1, 0.15) is 28.7 Å². The molecule has 0 amide bonds. The zero-order valence-corrected chi connectivity index (χ0v) is 18.2. The smallest absolute Gasteiger partial charge is 0.167 e. The zero-order valence-electron chi connectivity index (χ0n) is 18.2. The molecule has 0 saturated carbocycles. The molecule has 1 aromatic carbocycles. The number of nitrogens with zero attached hydrogens (tertiary/aromatic N) is 8. The quantitative estimate of drug-likeness (QED) is 0.426. The highest BCUT2D eigenvalue weighted by Gasteiger charge is 2.27. The van der Waals surface area contributed by atoms with Gasteiger partial charge in [-0.2, -0.15) is 14.7 Å². The molecule has 164 valence electrons. The molecule has 2 N–H and O–H groups in total. The van der Waals surface area contributed by atoms with Crippen molar-refractivity contribution in [3.63, 3.8) is 0 Å². The minimum absolute atomic E-state index is 0.163. The summed E-state index contributed by atoms with van der Waals surface area (Å²) in [6.07, 6.45) is 5.07. The Hall–Kier alpha value is -4.34. The number of carbonyl (C=O) groups is 1. The Balaban J connectivity index is 1.54. The fraction of sp³-hybridized carbons (Fsp3) is 0.217. The van der Waals surface area contributed by atoms with Crippen molar-refractivity contribution in [2.45, 2.75) is 26.9 Å². The van der Waals surface area contributed by atoms with Crippen LogP contribution in [0.4, 0.5) is 11.6 Å². The lowest BCUT2D eigenvalue weighted by atomic mass is 10.1. The maximum Gasteiger partial charge on any atom is 0.167 e. The van der Waals surface area contributed by atoms with E-state index in [9.17, 15) is 4.79 Å². The number of rotatable bonds is 3. The predicted molar refractivity (Wildman–Crippen MR) is 124 cm³/mol. The van der Waals surface area contributed by atoms with Crippen molar-refractivity contribution in [2.75, 3.05) is 17.2 Å². The summed E-state index contributed by atoms with van der Waals surface area (Å²) >= 11 is 0. The van der Waals surface area contributed by atoms with Gasteiger partial charge in [-0.3, -0.25) is 9.78 Å². The molecule has 1 aliphatic heterocycles. The van der Waals surface area contributed by atoms with Gasteiger partial charge in [0.25, 0.3) is 0 Å². The highest BCUT2D eigenvalue weighted by molar-refractivity contribution is 6.04. The number of pyridine rings is 1. The number of aromatic nitrogens is 7. The average molecular weight is 439 g/mol. The molecular weight excluding hydrogens is 418 g/mol. The minimum atomic E-state index is -0.163. The topological polar surface area (TPSA) is 120 Å².